The van der Waals surface area contributed by atoms with E-state index in [0.717, 1.165) is 37.8 Å². The highest BCUT2D eigenvalue weighted by Gasteiger charge is 2.10. The second-order valence-electron chi connectivity index (χ2n) is 5.22. The monoisotopic (exact) mass is 430 g/mol. The summed E-state index contributed by atoms with van der Waals surface area (Å²) < 4.78 is 6.54. The summed E-state index contributed by atoms with van der Waals surface area (Å²) in [6, 6.07) is 12.1. The van der Waals surface area contributed by atoms with Crippen molar-refractivity contribution in [1.29, 1.82) is 5.26 Å². The average Bonchev–Trinajstić information content (AvgIpc) is 3.30. The van der Waals surface area contributed by atoms with Crippen LogP contribution in [-0.2, 0) is 0 Å². The summed E-state index contributed by atoms with van der Waals surface area (Å²) in [5, 5.41) is 14.3. The van der Waals surface area contributed by atoms with Gasteiger partial charge in [0.15, 0.2) is 0 Å². The Hall–Kier alpha value is -1.94. The molecule has 3 aromatic rings. The number of nitriles is 1. The van der Waals surface area contributed by atoms with Gasteiger partial charge in [-0.1, -0.05) is 19.1 Å². The summed E-state index contributed by atoms with van der Waals surface area (Å²) in [6.07, 6.45) is 2.81. The van der Waals surface area contributed by atoms with E-state index < -0.39 is 0 Å². The van der Waals surface area contributed by atoms with Gasteiger partial charge in [0.05, 0.1) is 27.2 Å². The van der Waals surface area contributed by atoms with Gasteiger partial charge in [-0.2, -0.15) is 5.26 Å². The van der Waals surface area contributed by atoms with E-state index in [-0.39, 0.29) is 0 Å². The maximum absolute atomic E-state index is 9.54. The van der Waals surface area contributed by atoms with E-state index in [9.17, 15) is 5.26 Å². The highest BCUT2D eigenvalue weighted by atomic mass is 79.9. The van der Waals surface area contributed by atoms with Crippen LogP contribution >= 0.6 is 38.6 Å². The first-order valence-electron chi connectivity index (χ1n) is 7.75. The Kier molecular flexibility index (Phi) is 6.03. The van der Waals surface area contributed by atoms with Crippen LogP contribution in [-0.4, -0.2) is 11.6 Å². The normalized spacial score (nSPS) is 11.3. The molecule has 0 aliphatic rings. The molecule has 126 valence electrons. The zero-order valence-corrected chi connectivity index (χ0v) is 16.7. The average molecular weight is 431 g/mol. The molecule has 0 unspecified atom stereocenters. The van der Waals surface area contributed by atoms with E-state index >= 15 is 0 Å². The lowest BCUT2D eigenvalue weighted by Crippen LogP contribution is -1.95. The van der Waals surface area contributed by atoms with Gasteiger partial charge < -0.3 is 4.74 Å². The standard InChI is InChI=1S/C19H15BrN2OS2/c1-2-7-23-17-6-5-13(10-15(17)20)9-14(11-21)19-22-16(12-25-19)18-4-3-8-24-18/h3-6,8-10,12H,2,7H2,1H3/b14-9-. The largest absolute Gasteiger partial charge is 0.492 e. The fraction of sp³-hybridized carbons (Fsp3) is 0.158. The lowest BCUT2D eigenvalue weighted by Gasteiger charge is -2.07. The van der Waals surface area contributed by atoms with Crippen LogP contribution < -0.4 is 4.74 Å². The quantitative estimate of drug-likeness (QED) is 0.419. The number of rotatable bonds is 6. The van der Waals surface area contributed by atoms with Crippen molar-refractivity contribution in [2.45, 2.75) is 13.3 Å². The van der Waals surface area contributed by atoms with Gasteiger partial charge in [-0.25, -0.2) is 4.98 Å². The van der Waals surface area contributed by atoms with Crippen molar-refractivity contribution in [1.82, 2.24) is 4.98 Å². The highest BCUT2D eigenvalue weighted by Crippen LogP contribution is 2.31. The lowest BCUT2D eigenvalue weighted by atomic mass is 10.1. The number of benzene rings is 1. The van der Waals surface area contributed by atoms with E-state index in [0.29, 0.717) is 12.2 Å². The number of ether oxygens (including phenoxy) is 1. The fourth-order valence-electron chi connectivity index (χ4n) is 2.18. The molecule has 3 nitrogen and oxygen atoms in total. The molecule has 0 fully saturated rings. The molecule has 3 rings (SSSR count). The van der Waals surface area contributed by atoms with Crippen LogP contribution in [0, 0.1) is 11.3 Å². The minimum atomic E-state index is 0.557. The second-order valence-corrected chi connectivity index (χ2v) is 7.88. The van der Waals surface area contributed by atoms with Gasteiger partial charge in [0.1, 0.15) is 16.8 Å². The molecule has 0 spiro atoms. The van der Waals surface area contributed by atoms with Crippen molar-refractivity contribution >= 4 is 50.3 Å². The summed E-state index contributed by atoms with van der Waals surface area (Å²) in [4.78, 5) is 5.71. The van der Waals surface area contributed by atoms with Crippen molar-refractivity contribution in [2.75, 3.05) is 6.61 Å². The predicted octanol–water partition coefficient (Wildman–Crippen LogP) is 6.49. The van der Waals surface area contributed by atoms with Crippen molar-refractivity contribution in [3.8, 4) is 22.4 Å². The van der Waals surface area contributed by atoms with E-state index in [1.54, 1.807) is 11.3 Å². The van der Waals surface area contributed by atoms with Gasteiger partial charge >= 0.3 is 0 Å². The van der Waals surface area contributed by atoms with Crippen molar-refractivity contribution in [2.24, 2.45) is 0 Å². The molecule has 0 radical (unpaired) electrons. The van der Waals surface area contributed by atoms with E-state index in [2.05, 4.69) is 33.9 Å². The van der Waals surface area contributed by atoms with Gasteiger partial charge in [0.2, 0.25) is 0 Å². The first-order chi connectivity index (χ1) is 12.2. The fourth-order valence-corrected chi connectivity index (χ4v) is 4.24. The number of thiazole rings is 1. The van der Waals surface area contributed by atoms with Crippen LogP contribution in [0.15, 0.2) is 45.6 Å². The Labute approximate surface area is 163 Å². The highest BCUT2D eigenvalue weighted by molar-refractivity contribution is 9.10. The molecule has 0 N–H and O–H groups in total. The number of halogens is 1. The minimum Gasteiger partial charge on any atom is -0.492 e. The summed E-state index contributed by atoms with van der Waals surface area (Å²) in [5.74, 6) is 0.812. The molecule has 0 aliphatic heterocycles. The predicted molar refractivity (Wildman–Crippen MR) is 109 cm³/mol. The summed E-state index contributed by atoms with van der Waals surface area (Å²) in [7, 11) is 0. The van der Waals surface area contributed by atoms with Crippen LogP contribution in [0.1, 0.15) is 23.9 Å². The van der Waals surface area contributed by atoms with Gasteiger partial charge in [-0.15, -0.1) is 22.7 Å². The molecule has 0 amide bonds. The third kappa shape index (κ3) is 4.37. The first kappa shape index (κ1) is 17.9. The van der Waals surface area contributed by atoms with Crippen molar-refractivity contribution < 1.29 is 4.74 Å². The zero-order valence-electron chi connectivity index (χ0n) is 13.5. The third-order valence-corrected chi connectivity index (χ3v) is 5.74. The third-order valence-electron chi connectivity index (χ3n) is 3.36. The van der Waals surface area contributed by atoms with Gasteiger partial charge in [-0.05, 0) is 57.6 Å². The molecular formula is C19H15BrN2OS2. The van der Waals surface area contributed by atoms with Crippen LogP contribution in [0.25, 0.3) is 22.2 Å². The van der Waals surface area contributed by atoms with Crippen LogP contribution in [0.3, 0.4) is 0 Å². The van der Waals surface area contributed by atoms with Gasteiger partial charge in [0.25, 0.3) is 0 Å². The maximum Gasteiger partial charge on any atom is 0.134 e. The molecule has 0 saturated heterocycles. The number of nitrogens with zero attached hydrogens (tertiary/aromatic N) is 2. The summed E-state index contributed by atoms with van der Waals surface area (Å²) in [5.41, 5.74) is 2.41. The Morgan fingerprint density at radius 3 is 2.92 bits per heavy atom. The first-order valence-corrected chi connectivity index (χ1v) is 10.3. The van der Waals surface area contributed by atoms with Crippen LogP contribution in [0.5, 0.6) is 5.75 Å². The number of hydrogen-bond donors (Lipinski definition) is 0. The molecule has 0 saturated carbocycles. The summed E-state index contributed by atoms with van der Waals surface area (Å²) in [6.45, 7) is 2.75. The minimum absolute atomic E-state index is 0.557. The SMILES string of the molecule is CCCOc1ccc(/C=C(/C#N)c2nc(-c3cccs3)cs2)cc1Br. The molecule has 6 heteroatoms. The molecule has 0 atom stereocenters. The number of allylic oxidation sites excluding steroid dienone is 1. The lowest BCUT2D eigenvalue weighted by molar-refractivity contribution is 0.315. The van der Waals surface area contributed by atoms with Crippen LogP contribution in [0.4, 0.5) is 0 Å². The second kappa shape index (κ2) is 8.43. The Morgan fingerprint density at radius 2 is 2.24 bits per heavy atom. The van der Waals surface area contributed by atoms with E-state index in [4.69, 9.17) is 4.74 Å². The number of aromatic nitrogens is 1. The van der Waals surface area contributed by atoms with Crippen molar-refractivity contribution in [3.63, 3.8) is 0 Å². The molecule has 0 aliphatic carbocycles. The van der Waals surface area contributed by atoms with Gasteiger partial charge in [0, 0.05) is 5.38 Å². The molecule has 1 aromatic carbocycles. The smallest absolute Gasteiger partial charge is 0.134 e. The molecule has 2 aromatic heterocycles. The van der Waals surface area contributed by atoms with E-state index in [1.165, 1.54) is 11.3 Å². The number of hydrogen-bond acceptors (Lipinski definition) is 5. The Balaban J connectivity index is 1.86. The van der Waals surface area contributed by atoms with Crippen LogP contribution in [0.2, 0.25) is 0 Å². The Morgan fingerprint density at radius 1 is 1.36 bits per heavy atom. The van der Waals surface area contributed by atoms with Gasteiger partial charge in [-0.3, -0.25) is 0 Å². The topological polar surface area (TPSA) is 45.9 Å². The number of thiophene rings is 1. The van der Waals surface area contributed by atoms with Crippen molar-refractivity contribution in [3.05, 3.63) is 56.1 Å². The Bertz CT molecular complexity index is 923. The molecule has 25 heavy (non-hydrogen) atoms. The maximum atomic E-state index is 9.54. The van der Waals surface area contributed by atoms with E-state index in [1.807, 2.05) is 47.2 Å². The molecule has 2 heterocycles. The molecule has 0 bridgehead atoms. The zero-order chi connectivity index (χ0) is 17.6. The molecular weight excluding hydrogens is 416 g/mol. The summed E-state index contributed by atoms with van der Waals surface area (Å²) >= 11 is 6.66.